The van der Waals surface area contributed by atoms with Crippen molar-refractivity contribution in [1.82, 2.24) is 0 Å². The van der Waals surface area contributed by atoms with Crippen molar-refractivity contribution in [2.45, 2.75) is 84.0 Å². The van der Waals surface area contributed by atoms with E-state index in [0.29, 0.717) is 0 Å². The molecule has 0 bridgehead atoms. The smallest absolute Gasteiger partial charge is 0.0325 e. The highest BCUT2D eigenvalue weighted by Gasteiger charge is 1.99. The van der Waals surface area contributed by atoms with E-state index in [0.717, 1.165) is 18.8 Å². The highest BCUT2D eigenvalue weighted by Crippen LogP contribution is 2.15. The second kappa shape index (κ2) is 14.8. The highest BCUT2D eigenvalue weighted by atomic mass is 14.0. The van der Waals surface area contributed by atoms with Gasteiger partial charge in [0.25, 0.3) is 0 Å². The average Bonchev–Trinajstić information content (AvgIpc) is 2.37. The molecule has 18 heavy (non-hydrogen) atoms. The number of allylic oxidation sites excluding steroid dienone is 2. The second-order valence-corrected chi connectivity index (χ2v) is 5.57. The Bertz CT molecular complexity index is 169. The zero-order valence-electron chi connectivity index (χ0n) is 12.6. The fourth-order valence-corrected chi connectivity index (χ4v) is 2.20. The van der Waals surface area contributed by atoms with Crippen molar-refractivity contribution in [3.05, 3.63) is 26.0 Å². The molecule has 0 saturated heterocycles. The van der Waals surface area contributed by atoms with E-state index in [9.17, 15) is 0 Å². The molecule has 0 fully saturated rings. The molecule has 0 amide bonds. The van der Waals surface area contributed by atoms with E-state index in [1.54, 1.807) is 0 Å². The lowest BCUT2D eigenvalue weighted by atomic mass is 9.99. The van der Waals surface area contributed by atoms with Crippen molar-refractivity contribution in [2.24, 2.45) is 5.92 Å². The molecule has 0 heterocycles. The van der Waals surface area contributed by atoms with Crippen LogP contribution in [0.2, 0.25) is 0 Å². The Labute approximate surface area is 116 Å². The molecule has 1 unspecified atom stereocenters. The molecule has 0 aromatic heterocycles. The molecular weight excluding hydrogens is 216 g/mol. The van der Waals surface area contributed by atoms with Crippen molar-refractivity contribution in [1.29, 1.82) is 0 Å². The van der Waals surface area contributed by atoms with Crippen molar-refractivity contribution in [3.63, 3.8) is 0 Å². The summed E-state index contributed by atoms with van der Waals surface area (Å²) in [4.78, 5) is 0. The van der Waals surface area contributed by atoms with Crippen LogP contribution < -0.4 is 0 Å². The standard InChI is InChI=1S/C18H34/c1-4-6-8-10-11-13-15-17-18(3)16-14-12-9-7-5-2/h13,15,18H,1-2,4-12,14,16-17H2,3H3. The Morgan fingerprint density at radius 3 is 2.06 bits per heavy atom. The summed E-state index contributed by atoms with van der Waals surface area (Å²) in [5.74, 6) is 0.862. The van der Waals surface area contributed by atoms with Gasteiger partial charge < -0.3 is 0 Å². The van der Waals surface area contributed by atoms with Gasteiger partial charge in [0.1, 0.15) is 0 Å². The third-order valence-corrected chi connectivity index (χ3v) is 3.52. The summed E-state index contributed by atoms with van der Waals surface area (Å²) in [6, 6.07) is 0. The van der Waals surface area contributed by atoms with Gasteiger partial charge in [-0.15, -0.1) is 0 Å². The monoisotopic (exact) mass is 250 g/mol. The van der Waals surface area contributed by atoms with Gasteiger partial charge >= 0.3 is 0 Å². The molecule has 106 valence electrons. The number of unbranched alkanes of at least 4 members (excludes halogenated alkanes) is 8. The molecule has 0 aliphatic carbocycles. The first-order chi connectivity index (χ1) is 8.81. The van der Waals surface area contributed by atoms with Crippen LogP contribution in [0.3, 0.4) is 0 Å². The maximum atomic E-state index is 3.88. The van der Waals surface area contributed by atoms with Gasteiger partial charge in [-0.25, -0.2) is 0 Å². The third-order valence-electron chi connectivity index (χ3n) is 3.52. The van der Waals surface area contributed by atoms with Crippen LogP contribution in [0.5, 0.6) is 0 Å². The largest absolute Gasteiger partial charge is 0.0885 e. The lowest BCUT2D eigenvalue weighted by Gasteiger charge is -2.08. The van der Waals surface area contributed by atoms with Gasteiger partial charge in [0.15, 0.2) is 0 Å². The quantitative estimate of drug-likeness (QED) is 0.257. The van der Waals surface area contributed by atoms with Crippen LogP contribution >= 0.6 is 0 Å². The van der Waals surface area contributed by atoms with E-state index in [1.165, 1.54) is 64.2 Å². The molecule has 0 rings (SSSR count). The van der Waals surface area contributed by atoms with E-state index < -0.39 is 0 Å². The summed E-state index contributed by atoms with van der Waals surface area (Å²) in [5, 5.41) is 0. The predicted molar refractivity (Wildman–Crippen MR) is 84.4 cm³/mol. The lowest BCUT2D eigenvalue weighted by Crippen LogP contribution is -1.92. The molecule has 0 spiro atoms. The first-order valence-electron chi connectivity index (χ1n) is 8.04. The van der Waals surface area contributed by atoms with Crippen LogP contribution in [0.25, 0.3) is 0 Å². The molecule has 2 radical (unpaired) electrons. The van der Waals surface area contributed by atoms with Crippen molar-refractivity contribution in [3.8, 4) is 0 Å². The zero-order valence-corrected chi connectivity index (χ0v) is 12.6. The van der Waals surface area contributed by atoms with E-state index in [1.807, 2.05) is 0 Å². The van der Waals surface area contributed by atoms with Gasteiger partial charge in [-0.05, 0) is 25.2 Å². The Morgan fingerprint density at radius 2 is 1.39 bits per heavy atom. The Hall–Kier alpha value is -0.260. The first kappa shape index (κ1) is 17.7. The van der Waals surface area contributed by atoms with Gasteiger partial charge in [0.2, 0.25) is 0 Å². The van der Waals surface area contributed by atoms with Crippen LogP contribution in [-0.2, 0) is 0 Å². The van der Waals surface area contributed by atoms with Crippen LogP contribution in [-0.4, -0.2) is 0 Å². The lowest BCUT2D eigenvalue weighted by molar-refractivity contribution is 0.491. The Morgan fingerprint density at radius 1 is 0.778 bits per heavy atom. The normalized spacial score (nSPS) is 13.3. The van der Waals surface area contributed by atoms with E-state index in [2.05, 4.69) is 32.9 Å². The minimum atomic E-state index is 0.862. The van der Waals surface area contributed by atoms with Crippen molar-refractivity contribution >= 4 is 0 Å². The number of hydrogen-bond acceptors (Lipinski definition) is 0. The van der Waals surface area contributed by atoms with Gasteiger partial charge in [-0.3, -0.25) is 0 Å². The van der Waals surface area contributed by atoms with Crippen molar-refractivity contribution in [2.75, 3.05) is 0 Å². The summed E-state index contributed by atoms with van der Waals surface area (Å²) < 4.78 is 0. The second-order valence-electron chi connectivity index (χ2n) is 5.57. The summed E-state index contributed by atoms with van der Waals surface area (Å²) in [6.45, 7) is 10.1. The van der Waals surface area contributed by atoms with Crippen molar-refractivity contribution < 1.29 is 0 Å². The number of rotatable bonds is 13. The Kier molecular flexibility index (Phi) is 14.6. The van der Waals surface area contributed by atoms with Crippen LogP contribution in [0.1, 0.15) is 84.0 Å². The fraction of sp³-hybridized carbons (Fsp3) is 0.778. The Balaban J connectivity index is 3.24. The maximum absolute atomic E-state index is 3.88. The van der Waals surface area contributed by atoms with E-state index in [-0.39, 0.29) is 0 Å². The molecule has 0 nitrogen and oxygen atoms in total. The molecule has 1 atom stereocenters. The maximum Gasteiger partial charge on any atom is -0.0325 e. The topological polar surface area (TPSA) is 0 Å². The fourth-order valence-electron chi connectivity index (χ4n) is 2.20. The average molecular weight is 250 g/mol. The summed E-state index contributed by atoms with van der Waals surface area (Å²) in [7, 11) is 0. The molecular formula is C18H34. The van der Waals surface area contributed by atoms with Gasteiger partial charge in [0.05, 0.1) is 0 Å². The number of hydrogen-bond donors (Lipinski definition) is 0. The SMILES string of the molecule is [CH2]CCCCCC=CCC(C)CCCCCC[CH2]. The molecule has 0 aromatic carbocycles. The van der Waals surface area contributed by atoms with Crippen LogP contribution in [0, 0.1) is 19.8 Å². The van der Waals surface area contributed by atoms with Gasteiger partial charge in [0, 0.05) is 0 Å². The molecule has 0 aliphatic heterocycles. The third kappa shape index (κ3) is 13.8. The molecule has 0 aromatic rings. The van der Waals surface area contributed by atoms with Crippen LogP contribution in [0.4, 0.5) is 0 Å². The first-order valence-corrected chi connectivity index (χ1v) is 8.04. The minimum absolute atomic E-state index is 0.862. The molecule has 0 heteroatoms. The van der Waals surface area contributed by atoms with Gasteiger partial charge in [-0.1, -0.05) is 90.7 Å². The van der Waals surface area contributed by atoms with Gasteiger partial charge in [-0.2, -0.15) is 0 Å². The van der Waals surface area contributed by atoms with E-state index in [4.69, 9.17) is 0 Å². The molecule has 0 aliphatic rings. The minimum Gasteiger partial charge on any atom is -0.0885 e. The molecule has 0 N–H and O–H groups in total. The zero-order chi connectivity index (χ0) is 13.5. The summed E-state index contributed by atoms with van der Waals surface area (Å²) in [5.41, 5.74) is 0. The summed E-state index contributed by atoms with van der Waals surface area (Å²) >= 11 is 0. The highest BCUT2D eigenvalue weighted by molar-refractivity contribution is 4.83. The van der Waals surface area contributed by atoms with E-state index >= 15 is 0 Å². The van der Waals surface area contributed by atoms with Crippen LogP contribution in [0.15, 0.2) is 12.2 Å². The molecule has 0 saturated carbocycles. The predicted octanol–water partition coefficient (Wildman–Crippen LogP) is 6.53. The summed E-state index contributed by atoms with van der Waals surface area (Å²) in [6.07, 6.45) is 20.3.